The van der Waals surface area contributed by atoms with Gasteiger partial charge in [0.15, 0.2) is 0 Å². The van der Waals surface area contributed by atoms with Crippen LogP contribution in [0.5, 0.6) is 0 Å². The minimum atomic E-state index is -0.112. The predicted octanol–water partition coefficient (Wildman–Crippen LogP) is 2.34. The zero-order valence-corrected chi connectivity index (χ0v) is 12.8. The molecular weight excluding hydrogens is 292 g/mol. The van der Waals surface area contributed by atoms with E-state index in [1.54, 1.807) is 12.3 Å². The number of amides is 1. The summed E-state index contributed by atoms with van der Waals surface area (Å²) in [5.41, 5.74) is 2.77. The maximum Gasteiger partial charge on any atom is 0.226 e. The first kappa shape index (κ1) is 15.0. The third kappa shape index (κ3) is 4.06. The Hall–Kier alpha value is -2.89. The highest BCUT2D eigenvalue weighted by Gasteiger charge is 2.13. The van der Waals surface area contributed by atoms with Crippen molar-refractivity contribution in [2.45, 2.75) is 25.9 Å². The molecule has 0 aliphatic heterocycles. The second-order valence-corrected chi connectivity index (χ2v) is 5.41. The number of hydrogen-bond donors (Lipinski definition) is 1. The van der Waals surface area contributed by atoms with Crippen molar-refractivity contribution >= 4 is 5.91 Å². The van der Waals surface area contributed by atoms with Gasteiger partial charge in [-0.2, -0.15) is 5.10 Å². The molecule has 118 valence electrons. The van der Waals surface area contributed by atoms with E-state index in [-0.39, 0.29) is 18.4 Å². The van der Waals surface area contributed by atoms with Crippen molar-refractivity contribution in [3.05, 3.63) is 71.9 Å². The highest BCUT2D eigenvalue weighted by atomic mass is 16.5. The fourth-order valence-corrected chi connectivity index (χ4v) is 2.33. The average molecular weight is 310 g/mol. The lowest BCUT2D eigenvalue weighted by Gasteiger charge is -2.11. The van der Waals surface area contributed by atoms with Crippen LogP contribution in [-0.2, 0) is 17.8 Å². The molecule has 1 atom stereocenters. The number of hydrogen-bond acceptors (Lipinski definition) is 4. The first-order valence-electron chi connectivity index (χ1n) is 7.45. The number of carbonyl (C=O) groups excluding carboxylic acids is 1. The van der Waals surface area contributed by atoms with Crippen LogP contribution in [0.1, 0.15) is 29.8 Å². The Labute approximate surface area is 134 Å². The van der Waals surface area contributed by atoms with E-state index in [9.17, 15) is 4.79 Å². The number of rotatable bonds is 6. The Kier molecular flexibility index (Phi) is 4.52. The Bertz CT molecular complexity index is 750. The van der Waals surface area contributed by atoms with E-state index in [1.165, 1.54) is 11.8 Å². The van der Waals surface area contributed by atoms with E-state index >= 15 is 0 Å². The van der Waals surface area contributed by atoms with E-state index in [2.05, 4.69) is 27.7 Å². The minimum absolute atomic E-state index is 0.0952. The molecule has 6 heteroatoms. The smallest absolute Gasteiger partial charge is 0.226 e. The SMILES string of the molecule is C[C@@H](NC(=O)Cc1ccon1)c1cnn(Cc2ccccc2)c1. The van der Waals surface area contributed by atoms with Gasteiger partial charge in [-0.3, -0.25) is 9.48 Å². The van der Waals surface area contributed by atoms with Gasteiger partial charge in [0.1, 0.15) is 6.26 Å². The molecule has 0 aliphatic rings. The van der Waals surface area contributed by atoms with Crippen molar-refractivity contribution in [1.82, 2.24) is 20.3 Å². The number of aromatic nitrogens is 3. The van der Waals surface area contributed by atoms with Crippen molar-refractivity contribution in [2.24, 2.45) is 0 Å². The molecule has 1 aromatic carbocycles. The minimum Gasteiger partial charge on any atom is -0.364 e. The lowest BCUT2D eigenvalue weighted by atomic mass is 10.2. The van der Waals surface area contributed by atoms with Crippen LogP contribution < -0.4 is 5.32 Å². The number of carbonyl (C=O) groups is 1. The van der Waals surface area contributed by atoms with Crippen LogP contribution in [0.15, 0.2) is 59.6 Å². The van der Waals surface area contributed by atoms with Gasteiger partial charge < -0.3 is 9.84 Å². The van der Waals surface area contributed by atoms with Crippen LogP contribution in [0.25, 0.3) is 0 Å². The summed E-state index contributed by atoms with van der Waals surface area (Å²) in [7, 11) is 0. The summed E-state index contributed by atoms with van der Waals surface area (Å²) in [6, 6.07) is 11.7. The Balaban J connectivity index is 1.57. The molecule has 0 spiro atoms. The highest BCUT2D eigenvalue weighted by molar-refractivity contribution is 5.78. The van der Waals surface area contributed by atoms with E-state index < -0.39 is 0 Å². The zero-order chi connectivity index (χ0) is 16.1. The van der Waals surface area contributed by atoms with Crippen molar-refractivity contribution in [2.75, 3.05) is 0 Å². The molecule has 0 fully saturated rings. The van der Waals surface area contributed by atoms with Gasteiger partial charge >= 0.3 is 0 Å². The largest absolute Gasteiger partial charge is 0.364 e. The maximum absolute atomic E-state index is 12.0. The Morgan fingerprint density at radius 3 is 2.87 bits per heavy atom. The summed E-state index contributed by atoms with van der Waals surface area (Å²) >= 11 is 0. The molecule has 0 saturated heterocycles. The predicted molar refractivity (Wildman–Crippen MR) is 84.5 cm³/mol. The molecule has 2 aromatic heterocycles. The first-order valence-corrected chi connectivity index (χ1v) is 7.45. The second kappa shape index (κ2) is 6.91. The second-order valence-electron chi connectivity index (χ2n) is 5.41. The van der Waals surface area contributed by atoms with Gasteiger partial charge in [-0.05, 0) is 12.5 Å². The van der Waals surface area contributed by atoms with Gasteiger partial charge in [0.2, 0.25) is 5.91 Å². The molecule has 1 N–H and O–H groups in total. The van der Waals surface area contributed by atoms with Gasteiger partial charge in [-0.1, -0.05) is 35.5 Å². The molecule has 0 radical (unpaired) electrons. The third-order valence-electron chi connectivity index (χ3n) is 3.55. The normalized spacial score (nSPS) is 12.0. The van der Waals surface area contributed by atoms with Gasteiger partial charge in [0, 0.05) is 17.8 Å². The monoisotopic (exact) mass is 310 g/mol. The molecule has 6 nitrogen and oxygen atoms in total. The van der Waals surface area contributed by atoms with Crippen LogP contribution >= 0.6 is 0 Å². The van der Waals surface area contributed by atoms with Crippen LogP contribution in [0.2, 0.25) is 0 Å². The third-order valence-corrected chi connectivity index (χ3v) is 3.55. The molecule has 0 aliphatic carbocycles. The molecule has 3 aromatic rings. The fraction of sp³-hybridized carbons (Fsp3) is 0.235. The number of nitrogens with zero attached hydrogens (tertiary/aromatic N) is 3. The fourth-order valence-electron chi connectivity index (χ4n) is 2.33. The molecule has 23 heavy (non-hydrogen) atoms. The summed E-state index contributed by atoms with van der Waals surface area (Å²) in [6.45, 7) is 2.64. The van der Waals surface area contributed by atoms with Gasteiger partial charge in [0.05, 0.1) is 30.9 Å². The summed E-state index contributed by atoms with van der Waals surface area (Å²) in [6.07, 6.45) is 5.40. The molecule has 2 heterocycles. The van der Waals surface area contributed by atoms with Crippen molar-refractivity contribution in [3.8, 4) is 0 Å². The molecule has 0 unspecified atom stereocenters. The van der Waals surface area contributed by atoms with Crippen LogP contribution in [0.3, 0.4) is 0 Å². The average Bonchev–Trinajstić information content (AvgIpc) is 3.20. The van der Waals surface area contributed by atoms with Gasteiger partial charge in [-0.15, -0.1) is 0 Å². The highest BCUT2D eigenvalue weighted by Crippen LogP contribution is 2.12. The quantitative estimate of drug-likeness (QED) is 0.758. The number of nitrogens with one attached hydrogen (secondary N) is 1. The summed E-state index contributed by atoms with van der Waals surface area (Å²) in [5.74, 6) is -0.0952. The first-order chi connectivity index (χ1) is 11.2. The van der Waals surface area contributed by atoms with Crippen LogP contribution in [-0.4, -0.2) is 20.8 Å². The molecule has 3 rings (SSSR count). The van der Waals surface area contributed by atoms with E-state index in [0.29, 0.717) is 12.2 Å². The standard InChI is InChI=1S/C17H18N4O2/c1-13(19-17(22)9-16-7-8-23-20-16)15-10-18-21(12-15)11-14-5-3-2-4-6-14/h2-8,10,12-13H,9,11H2,1H3,(H,19,22)/t13-/m1/s1. The summed E-state index contributed by atoms with van der Waals surface area (Å²) in [4.78, 5) is 12.0. The van der Waals surface area contributed by atoms with Gasteiger partial charge in [0.25, 0.3) is 0 Å². The van der Waals surface area contributed by atoms with Crippen molar-refractivity contribution in [3.63, 3.8) is 0 Å². The van der Waals surface area contributed by atoms with E-state index in [0.717, 1.165) is 5.56 Å². The topological polar surface area (TPSA) is 73.0 Å². The molecular formula is C17H18N4O2. The van der Waals surface area contributed by atoms with Crippen molar-refractivity contribution in [1.29, 1.82) is 0 Å². The van der Waals surface area contributed by atoms with Crippen LogP contribution in [0.4, 0.5) is 0 Å². The lowest BCUT2D eigenvalue weighted by molar-refractivity contribution is -0.121. The van der Waals surface area contributed by atoms with E-state index in [1.807, 2.05) is 36.0 Å². The van der Waals surface area contributed by atoms with E-state index in [4.69, 9.17) is 4.52 Å². The number of benzene rings is 1. The summed E-state index contributed by atoms with van der Waals surface area (Å²) in [5, 5.41) is 11.0. The Morgan fingerprint density at radius 2 is 2.13 bits per heavy atom. The molecule has 0 saturated carbocycles. The summed E-state index contributed by atoms with van der Waals surface area (Å²) < 4.78 is 6.59. The van der Waals surface area contributed by atoms with Gasteiger partial charge in [-0.25, -0.2) is 0 Å². The van der Waals surface area contributed by atoms with Crippen LogP contribution in [0, 0.1) is 0 Å². The Morgan fingerprint density at radius 1 is 1.30 bits per heavy atom. The molecule has 0 bridgehead atoms. The maximum atomic E-state index is 12.0. The molecule has 1 amide bonds. The zero-order valence-electron chi connectivity index (χ0n) is 12.8. The lowest BCUT2D eigenvalue weighted by Crippen LogP contribution is -2.28. The van der Waals surface area contributed by atoms with Crippen molar-refractivity contribution < 1.29 is 9.32 Å².